The number of nitrogens with one attached hydrogen (secondary N) is 1. The molecule has 0 aliphatic carbocycles. The van der Waals surface area contributed by atoms with E-state index in [0.29, 0.717) is 24.5 Å². The molecule has 1 aromatic heterocycles. The lowest BCUT2D eigenvalue weighted by atomic mass is 10.0. The second-order valence-electron chi connectivity index (χ2n) is 4.83. The summed E-state index contributed by atoms with van der Waals surface area (Å²) < 4.78 is 28.9. The molecule has 1 heterocycles. The molecule has 0 aliphatic rings. The summed E-state index contributed by atoms with van der Waals surface area (Å²) >= 11 is 0. The average Bonchev–Trinajstić information content (AvgIpc) is 2.59. The summed E-state index contributed by atoms with van der Waals surface area (Å²) in [4.78, 5) is 0.289. The number of sulfonamides is 1. The van der Waals surface area contributed by atoms with E-state index < -0.39 is 10.0 Å². The number of nitrogens with two attached hydrogens (primary N) is 1. The molecule has 110 valence electrons. The summed E-state index contributed by atoms with van der Waals surface area (Å²) in [6, 6.07) is 0. The molecule has 0 aromatic carbocycles. The number of rotatable bonds is 7. The van der Waals surface area contributed by atoms with Gasteiger partial charge >= 0.3 is 0 Å². The molecular formula is C12H24N4O2S. The quantitative estimate of drug-likeness (QED) is 0.772. The number of aromatic nitrogens is 2. The van der Waals surface area contributed by atoms with Crippen LogP contribution in [0.5, 0.6) is 0 Å². The molecule has 1 atom stereocenters. The monoisotopic (exact) mass is 288 g/mol. The number of hydrogen-bond acceptors (Lipinski definition) is 4. The van der Waals surface area contributed by atoms with Crippen molar-refractivity contribution in [3.63, 3.8) is 0 Å². The van der Waals surface area contributed by atoms with Crippen LogP contribution in [0.3, 0.4) is 0 Å². The zero-order valence-electron chi connectivity index (χ0n) is 12.1. The van der Waals surface area contributed by atoms with Gasteiger partial charge < -0.3 is 5.73 Å². The summed E-state index contributed by atoms with van der Waals surface area (Å²) in [5.41, 5.74) is 6.69. The van der Waals surface area contributed by atoms with Gasteiger partial charge in [-0.2, -0.15) is 5.10 Å². The maximum absolute atomic E-state index is 12.3. The molecule has 0 radical (unpaired) electrons. The Morgan fingerprint density at radius 3 is 2.47 bits per heavy atom. The number of nitrogens with zero attached hydrogens (tertiary/aromatic N) is 2. The average molecular weight is 288 g/mol. The van der Waals surface area contributed by atoms with Crippen LogP contribution < -0.4 is 10.5 Å². The van der Waals surface area contributed by atoms with Gasteiger partial charge in [-0.15, -0.1) is 0 Å². The smallest absolute Gasteiger partial charge is 0.244 e. The molecule has 1 aromatic rings. The van der Waals surface area contributed by atoms with Gasteiger partial charge in [-0.1, -0.05) is 13.3 Å². The van der Waals surface area contributed by atoms with E-state index >= 15 is 0 Å². The first-order valence-corrected chi connectivity index (χ1v) is 8.01. The normalized spacial score (nSPS) is 13.7. The molecule has 0 amide bonds. The zero-order valence-corrected chi connectivity index (χ0v) is 12.9. The van der Waals surface area contributed by atoms with E-state index in [-0.39, 0.29) is 10.8 Å². The van der Waals surface area contributed by atoms with E-state index in [1.165, 1.54) is 0 Å². The van der Waals surface area contributed by atoms with Crippen molar-refractivity contribution in [3.05, 3.63) is 11.4 Å². The highest BCUT2D eigenvalue weighted by Crippen LogP contribution is 2.18. The topological polar surface area (TPSA) is 90.0 Å². The van der Waals surface area contributed by atoms with Crippen LogP contribution in [0, 0.1) is 19.8 Å². The number of aryl methyl sites for hydroxylation is 2. The minimum Gasteiger partial charge on any atom is -0.330 e. The van der Waals surface area contributed by atoms with E-state index in [4.69, 9.17) is 5.73 Å². The van der Waals surface area contributed by atoms with Crippen molar-refractivity contribution in [2.45, 2.75) is 38.5 Å². The molecular weight excluding hydrogens is 264 g/mol. The fourth-order valence-electron chi connectivity index (χ4n) is 2.13. The van der Waals surface area contributed by atoms with Gasteiger partial charge in [-0.3, -0.25) is 4.68 Å². The van der Waals surface area contributed by atoms with Crippen molar-refractivity contribution in [1.82, 2.24) is 14.5 Å². The van der Waals surface area contributed by atoms with E-state index in [1.54, 1.807) is 25.6 Å². The van der Waals surface area contributed by atoms with Crippen molar-refractivity contribution in [3.8, 4) is 0 Å². The predicted molar refractivity (Wildman–Crippen MR) is 75.3 cm³/mol. The van der Waals surface area contributed by atoms with E-state index in [0.717, 1.165) is 12.8 Å². The molecule has 7 heteroatoms. The molecule has 0 bridgehead atoms. The number of hydrogen-bond donors (Lipinski definition) is 2. The van der Waals surface area contributed by atoms with Crippen molar-refractivity contribution in [2.75, 3.05) is 13.1 Å². The van der Waals surface area contributed by atoms with Gasteiger partial charge in [0.25, 0.3) is 0 Å². The van der Waals surface area contributed by atoms with E-state index in [1.807, 2.05) is 6.92 Å². The third kappa shape index (κ3) is 3.77. The van der Waals surface area contributed by atoms with Crippen molar-refractivity contribution in [1.29, 1.82) is 0 Å². The zero-order chi connectivity index (χ0) is 14.6. The highest BCUT2D eigenvalue weighted by molar-refractivity contribution is 7.89. The van der Waals surface area contributed by atoms with Crippen LogP contribution in [0.15, 0.2) is 4.90 Å². The lowest BCUT2D eigenvalue weighted by Gasteiger charge is -2.15. The lowest BCUT2D eigenvalue weighted by molar-refractivity contribution is 0.465. The van der Waals surface area contributed by atoms with Gasteiger partial charge in [0, 0.05) is 13.6 Å². The standard InChI is InChI=1S/C12H24N4O2S/c1-5-11(6-7-13)8-14-19(17,18)12-9(2)15-16(4)10(12)3/h11,14H,5-8,13H2,1-4H3. The largest absolute Gasteiger partial charge is 0.330 e. The Hall–Kier alpha value is -0.920. The molecule has 0 spiro atoms. The molecule has 0 saturated carbocycles. The Morgan fingerprint density at radius 1 is 1.42 bits per heavy atom. The van der Waals surface area contributed by atoms with Crippen molar-refractivity contribution in [2.24, 2.45) is 18.7 Å². The highest BCUT2D eigenvalue weighted by atomic mass is 32.2. The summed E-state index contributed by atoms with van der Waals surface area (Å²) in [6.45, 7) is 6.49. The minimum atomic E-state index is -3.50. The van der Waals surface area contributed by atoms with Gasteiger partial charge in [0.1, 0.15) is 4.90 Å². The third-order valence-electron chi connectivity index (χ3n) is 3.43. The van der Waals surface area contributed by atoms with E-state index in [9.17, 15) is 8.42 Å². The van der Waals surface area contributed by atoms with Gasteiger partial charge in [0.15, 0.2) is 0 Å². The third-order valence-corrected chi connectivity index (χ3v) is 5.10. The van der Waals surface area contributed by atoms with Gasteiger partial charge in [0.2, 0.25) is 10.0 Å². The van der Waals surface area contributed by atoms with E-state index in [2.05, 4.69) is 9.82 Å². The van der Waals surface area contributed by atoms with Crippen LogP contribution >= 0.6 is 0 Å². The highest BCUT2D eigenvalue weighted by Gasteiger charge is 2.24. The predicted octanol–water partition coefficient (Wildman–Crippen LogP) is 0.690. The van der Waals surface area contributed by atoms with Crippen LogP contribution in [0.4, 0.5) is 0 Å². The Morgan fingerprint density at radius 2 is 2.05 bits per heavy atom. The van der Waals surface area contributed by atoms with Crippen LogP contribution in [0.1, 0.15) is 31.2 Å². The summed E-state index contributed by atoms with van der Waals surface area (Å²) in [5.74, 6) is 0.275. The molecule has 6 nitrogen and oxygen atoms in total. The molecule has 3 N–H and O–H groups in total. The summed E-state index contributed by atoms with van der Waals surface area (Å²) in [6.07, 6.45) is 1.73. The first-order valence-electron chi connectivity index (χ1n) is 6.53. The maximum Gasteiger partial charge on any atom is 0.244 e. The Kier molecular flexibility index (Phi) is 5.51. The Balaban J connectivity index is 2.87. The van der Waals surface area contributed by atoms with Crippen LogP contribution in [0.2, 0.25) is 0 Å². The minimum absolute atomic E-state index is 0.275. The summed E-state index contributed by atoms with van der Waals surface area (Å²) in [5, 5.41) is 4.14. The first kappa shape index (κ1) is 16.1. The van der Waals surface area contributed by atoms with Crippen LogP contribution in [0.25, 0.3) is 0 Å². The second-order valence-corrected chi connectivity index (χ2v) is 6.53. The fraction of sp³-hybridized carbons (Fsp3) is 0.750. The SMILES string of the molecule is CCC(CCN)CNS(=O)(=O)c1c(C)nn(C)c1C. The fourth-order valence-corrected chi connectivity index (χ4v) is 3.68. The molecule has 1 rings (SSSR count). The molecule has 1 unspecified atom stereocenters. The Bertz CT molecular complexity index is 522. The second kappa shape index (κ2) is 6.49. The molecule has 19 heavy (non-hydrogen) atoms. The van der Waals surface area contributed by atoms with Crippen LogP contribution in [-0.2, 0) is 17.1 Å². The van der Waals surface area contributed by atoms with Crippen LogP contribution in [-0.4, -0.2) is 31.3 Å². The molecule has 0 saturated heterocycles. The van der Waals surface area contributed by atoms with Gasteiger partial charge in [0.05, 0.1) is 11.4 Å². The van der Waals surface area contributed by atoms with Gasteiger partial charge in [-0.05, 0) is 32.7 Å². The first-order chi connectivity index (χ1) is 8.83. The maximum atomic E-state index is 12.3. The van der Waals surface area contributed by atoms with Crippen molar-refractivity contribution < 1.29 is 8.42 Å². The molecule has 0 fully saturated rings. The Labute approximate surface area is 115 Å². The summed E-state index contributed by atoms with van der Waals surface area (Å²) in [7, 11) is -1.76. The van der Waals surface area contributed by atoms with Gasteiger partial charge in [-0.25, -0.2) is 13.1 Å². The molecule has 0 aliphatic heterocycles. The van der Waals surface area contributed by atoms with Crippen molar-refractivity contribution >= 4 is 10.0 Å². The lowest BCUT2D eigenvalue weighted by Crippen LogP contribution is -2.30.